The number of anilines is 1. The lowest BCUT2D eigenvalue weighted by atomic mass is 10.3. The van der Waals surface area contributed by atoms with Gasteiger partial charge in [0.1, 0.15) is 0 Å². The summed E-state index contributed by atoms with van der Waals surface area (Å²) in [5.74, 6) is 0.284. The lowest BCUT2D eigenvalue weighted by Crippen LogP contribution is -2.33. The van der Waals surface area contributed by atoms with Crippen LogP contribution in [0.3, 0.4) is 0 Å². The number of thioether (sulfide) groups is 2. The number of carbonyl (C=O) groups excluding carboxylic acids is 1. The molecule has 0 bridgehead atoms. The molecule has 6 nitrogen and oxygen atoms in total. The molecule has 1 aromatic rings. The van der Waals surface area contributed by atoms with Crippen LogP contribution in [0.1, 0.15) is 48.5 Å². The average molecular weight is 385 g/mol. The summed E-state index contributed by atoms with van der Waals surface area (Å²) < 4.78 is 5.00. The van der Waals surface area contributed by atoms with Gasteiger partial charge in [0.15, 0.2) is 10.3 Å². The fraction of sp³-hybridized carbons (Fsp3) is 0.647. The number of ether oxygens (including phenoxy) is 1. The Bertz CT molecular complexity index is 575. The summed E-state index contributed by atoms with van der Waals surface area (Å²) in [6.07, 6.45) is 1.13. The highest BCUT2D eigenvalue weighted by molar-refractivity contribution is 8.01. The third-order valence-corrected chi connectivity index (χ3v) is 4.37. The van der Waals surface area contributed by atoms with Crippen molar-refractivity contribution >= 4 is 35.6 Å². The van der Waals surface area contributed by atoms with Crippen molar-refractivity contribution in [1.29, 1.82) is 0 Å². The van der Waals surface area contributed by atoms with Crippen molar-refractivity contribution in [2.75, 3.05) is 18.1 Å². The number of rotatable bonds is 6. The Labute approximate surface area is 159 Å². The van der Waals surface area contributed by atoms with Gasteiger partial charge in [-0.05, 0) is 6.92 Å². The quantitative estimate of drug-likeness (QED) is 0.515. The van der Waals surface area contributed by atoms with Gasteiger partial charge in [0.05, 0.1) is 13.2 Å². The van der Waals surface area contributed by atoms with Crippen molar-refractivity contribution in [2.45, 2.75) is 68.3 Å². The molecule has 0 spiro atoms. The van der Waals surface area contributed by atoms with E-state index in [4.69, 9.17) is 4.74 Å². The Morgan fingerprint density at radius 1 is 1.08 bits per heavy atom. The predicted octanol–water partition coefficient (Wildman–Crippen LogP) is 4.80. The van der Waals surface area contributed by atoms with E-state index in [0.29, 0.717) is 10.3 Å². The van der Waals surface area contributed by atoms with E-state index < -0.39 is 6.09 Å². The van der Waals surface area contributed by atoms with Crippen molar-refractivity contribution < 1.29 is 9.53 Å². The second-order valence-electron chi connectivity index (χ2n) is 7.23. The van der Waals surface area contributed by atoms with E-state index in [9.17, 15) is 4.79 Å². The molecule has 0 aromatic carbocycles. The minimum Gasteiger partial charge on any atom is -0.449 e. The highest BCUT2D eigenvalue weighted by atomic mass is 32.2. The lowest BCUT2D eigenvalue weighted by molar-refractivity contribution is 0.160. The summed E-state index contributed by atoms with van der Waals surface area (Å²) in [6.45, 7) is 18.5. The van der Waals surface area contributed by atoms with E-state index >= 15 is 0 Å². The van der Waals surface area contributed by atoms with Gasteiger partial charge < -0.3 is 4.74 Å². The van der Waals surface area contributed by atoms with Crippen LogP contribution < -0.4 is 4.90 Å². The van der Waals surface area contributed by atoms with Crippen molar-refractivity contribution in [3.05, 3.63) is 12.7 Å². The molecule has 1 amide bonds. The molecular formula is C17H28N4O2S2. The molecule has 0 saturated carbocycles. The first-order valence-corrected chi connectivity index (χ1v) is 9.78. The third-order valence-electron chi connectivity index (χ3n) is 2.42. The minimum absolute atomic E-state index is 0.0600. The maximum atomic E-state index is 12.3. The molecule has 0 unspecified atom stereocenters. The zero-order valence-electron chi connectivity index (χ0n) is 16.1. The Balaban J connectivity index is 3.33. The number of hydrogen-bond acceptors (Lipinski definition) is 7. The molecule has 0 aliphatic heterocycles. The van der Waals surface area contributed by atoms with Crippen molar-refractivity contribution in [3.63, 3.8) is 0 Å². The minimum atomic E-state index is -0.494. The van der Waals surface area contributed by atoms with E-state index in [1.807, 2.05) is 0 Å². The summed E-state index contributed by atoms with van der Waals surface area (Å²) in [5.41, 5.74) is 0. The fourth-order valence-electron chi connectivity index (χ4n) is 1.66. The Morgan fingerprint density at radius 2 is 1.56 bits per heavy atom. The van der Waals surface area contributed by atoms with E-state index in [1.54, 1.807) is 13.0 Å². The highest BCUT2D eigenvalue weighted by Crippen LogP contribution is 2.34. The SMILES string of the molecule is C=CCN(C(=O)OCC)c1nc(SC(C)(C)C)nc(SC(C)(C)C)n1. The van der Waals surface area contributed by atoms with E-state index in [-0.39, 0.29) is 28.6 Å². The van der Waals surface area contributed by atoms with Crippen LogP contribution in [0.25, 0.3) is 0 Å². The molecule has 0 N–H and O–H groups in total. The zero-order valence-corrected chi connectivity index (χ0v) is 17.8. The molecule has 1 aromatic heterocycles. The first kappa shape index (κ1) is 21.8. The first-order valence-electron chi connectivity index (χ1n) is 8.14. The molecule has 1 rings (SSSR count). The van der Waals surface area contributed by atoms with Crippen molar-refractivity contribution in [1.82, 2.24) is 15.0 Å². The number of hydrogen-bond donors (Lipinski definition) is 0. The van der Waals surface area contributed by atoms with Crippen LogP contribution in [0, 0.1) is 0 Å². The van der Waals surface area contributed by atoms with Crippen LogP contribution in [0.15, 0.2) is 23.0 Å². The number of nitrogens with zero attached hydrogens (tertiary/aromatic N) is 4. The topological polar surface area (TPSA) is 68.2 Å². The average Bonchev–Trinajstić information content (AvgIpc) is 2.40. The van der Waals surface area contributed by atoms with E-state index in [1.165, 1.54) is 28.4 Å². The summed E-state index contributed by atoms with van der Waals surface area (Å²) >= 11 is 3.07. The van der Waals surface area contributed by atoms with Crippen molar-refractivity contribution in [2.24, 2.45) is 0 Å². The van der Waals surface area contributed by atoms with Crippen LogP contribution >= 0.6 is 23.5 Å². The molecular weight excluding hydrogens is 356 g/mol. The summed E-state index contributed by atoms with van der Waals surface area (Å²) in [5, 5.41) is 1.17. The lowest BCUT2D eigenvalue weighted by Gasteiger charge is -2.22. The number of carbonyl (C=O) groups is 1. The molecule has 0 aliphatic rings. The van der Waals surface area contributed by atoms with Crippen LogP contribution in [0.4, 0.5) is 10.7 Å². The van der Waals surface area contributed by atoms with Gasteiger partial charge in [0, 0.05) is 9.49 Å². The van der Waals surface area contributed by atoms with Gasteiger partial charge in [0.25, 0.3) is 0 Å². The van der Waals surface area contributed by atoms with Gasteiger partial charge in [0.2, 0.25) is 5.95 Å². The van der Waals surface area contributed by atoms with Crippen LogP contribution in [0.5, 0.6) is 0 Å². The first-order chi connectivity index (χ1) is 11.4. The second-order valence-corrected chi connectivity index (χ2v) is 10.8. The fourth-order valence-corrected chi connectivity index (χ4v) is 3.33. The van der Waals surface area contributed by atoms with Gasteiger partial charge in [-0.25, -0.2) is 9.69 Å². The van der Waals surface area contributed by atoms with Gasteiger partial charge in [-0.1, -0.05) is 71.1 Å². The summed E-state index contributed by atoms with van der Waals surface area (Å²) in [6, 6.07) is 0. The molecule has 25 heavy (non-hydrogen) atoms. The Kier molecular flexibility index (Phi) is 7.74. The summed E-state index contributed by atoms with van der Waals surface area (Å²) in [4.78, 5) is 27.1. The van der Waals surface area contributed by atoms with Gasteiger partial charge in [-0.2, -0.15) is 15.0 Å². The molecule has 0 aliphatic carbocycles. The van der Waals surface area contributed by atoms with Crippen LogP contribution in [0.2, 0.25) is 0 Å². The molecule has 0 radical (unpaired) electrons. The predicted molar refractivity (Wildman–Crippen MR) is 106 cm³/mol. The molecule has 0 saturated heterocycles. The number of aromatic nitrogens is 3. The van der Waals surface area contributed by atoms with Crippen molar-refractivity contribution in [3.8, 4) is 0 Å². The molecule has 1 heterocycles. The molecule has 0 atom stereocenters. The summed E-state index contributed by atoms with van der Waals surface area (Å²) in [7, 11) is 0. The van der Waals surface area contributed by atoms with Gasteiger partial charge in [-0.15, -0.1) is 6.58 Å². The third kappa shape index (κ3) is 8.09. The smallest absolute Gasteiger partial charge is 0.416 e. The molecule has 8 heteroatoms. The Morgan fingerprint density at radius 3 is 1.92 bits per heavy atom. The normalized spacial score (nSPS) is 12.0. The van der Waals surface area contributed by atoms with E-state index in [2.05, 4.69) is 63.1 Å². The zero-order chi connectivity index (χ0) is 19.3. The van der Waals surface area contributed by atoms with Crippen LogP contribution in [-0.4, -0.2) is 43.7 Å². The molecule has 140 valence electrons. The maximum Gasteiger partial charge on any atom is 0.416 e. The van der Waals surface area contributed by atoms with Crippen LogP contribution in [-0.2, 0) is 4.74 Å². The monoisotopic (exact) mass is 384 g/mol. The maximum absolute atomic E-state index is 12.3. The largest absolute Gasteiger partial charge is 0.449 e. The molecule has 0 fully saturated rings. The number of amides is 1. The van der Waals surface area contributed by atoms with Gasteiger partial charge >= 0.3 is 6.09 Å². The Hall–Kier alpha value is -1.28. The van der Waals surface area contributed by atoms with Gasteiger partial charge in [-0.3, -0.25) is 0 Å². The highest BCUT2D eigenvalue weighted by Gasteiger charge is 2.24. The standard InChI is InChI=1S/C17H28N4O2S2/c1-9-11-21(15(22)23-10-2)12-18-13(24-16(3,4)5)20-14(19-12)25-17(6,7)8/h9H,1,10-11H2,2-8H3. The second kappa shape index (κ2) is 8.89. The van der Waals surface area contributed by atoms with E-state index in [0.717, 1.165) is 0 Å².